The molecule has 0 aromatic carbocycles. The molecule has 2 aliphatic rings. The predicted octanol–water partition coefficient (Wildman–Crippen LogP) is 3.92. The number of ketones is 1. The standard InChI is InChI=1S/C19H25NO4/c1-19(2,3)17(22)14-15(13-10-7-11-24-13)20(18(23)16(14)21)12-8-5-4-6-9-12/h7,10-12,15,21H,4-6,8-9H2,1-3H3. The van der Waals surface area contributed by atoms with Crippen LogP contribution in [0.25, 0.3) is 0 Å². The number of rotatable bonds is 3. The third-order valence-electron chi connectivity index (χ3n) is 4.95. The van der Waals surface area contributed by atoms with Crippen molar-refractivity contribution in [1.82, 2.24) is 4.90 Å². The summed E-state index contributed by atoms with van der Waals surface area (Å²) in [5.41, 5.74) is -0.509. The third-order valence-corrected chi connectivity index (χ3v) is 4.95. The number of carbonyl (C=O) groups excluding carboxylic acids is 2. The molecule has 24 heavy (non-hydrogen) atoms. The van der Waals surface area contributed by atoms with E-state index in [-0.39, 0.29) is 17.4 Å². The molecule has 5 heteroatoms. The Labute approximate surface area is 142 Å². The largest absolute Gasteiger partial charge is 0.503 e. The van der Waals surface area contributed by atoms with E-state index < -0.39 is 23.1 Å². The Morgan fingerprint density at radius 1 is 1.25 bits per heavy atom. The summed E-state index contributed by atoms with van der Waals surface area (Å²) < 4.78 is 5.54. The molecule has 1 amide bonds. The van der Waals surface area contributed by atoms with Crippen LogP contribution < -0.4 is 0 Å². The van der Waals surface area contributed by atoms with Gasteiger partial charge in [-0.1, -0.05) is 40.0 Å². The molecule has 1 unspecified atom stereocenters. The van der Waals surface area contributed by atoms with E-state index in [1.54, 1.807) is 37.8 Å². The van der Waals surface area contributed by atoms with Crippen LogP contribution in [0.3, 0.4) is 0 Å². The van der Waals surface area contributed by atoms with Crippen molar-refractivity contribution in [3.05, 3.63) is 35.5 Å². The quantitative estimate of drug-likeness (QED) is 0.911. The van der Waals surface area contributed by atoms with Crippen molar-refractivity contribution in [3.8, 4) is 0 Å². The van der Waals surface area contributed by atoms with Crippen molar-refractivity contribution in [2.24, 2.45) is 5.41 Å². The number of hydrogen-bond donors (Lipinski definition) is 1. The second-order valence-corrected chi connectivity index (χ2v) is 7.76. The first-order valence-electron chi connectivity index (χ1n) is 8.66. The minimum atomic E-state index is -0.684. The number of aliphatic hydroxyl groups excluding tert-OH is 1. The van der Waals surface area contributed by atoms with Crippen molar-refractivity contribution < 1.29 is 19.1 Å². The fraction of sp³-hybridized carbons (Fsp3) is 0.579. The number of amides is 1. The number of nitrogens with zero attached hydrogens (tertiary/aromatic N) is 1. The minimum absolute atomic E-state index is 0.0359. The summed E-state index contributed by atoms with van der Waals surface area (Å²) in [5.74, 6) is -0.545. The van der Waals surface area contributed by atoms with Crippen molar-refractivity contribution in [2.45, 2.75) is 65.0 Å². The van der Waals surface area contributed by atoms with Gasteiger partial charge in [0.05, 0.1) is 11.8 Å². The Kier molecular flexibility index (Phi) is 4.28. The molecule has 5 nitrogen and oxygen atoms in total. The van der Waals surface area contributed by atoms with Gasteiger partial charge in [-0.2, -0.15) is 0 Å². The number of aliphatic hydroxyl groups is 1. The SMILES string of the molecule is CC(C)(C)C(=O)C1=C(O)C(=O)N(C2CCCCC2)C1c1ccco1. The van der Waals surface area contributed by atoms with Crippen LogP contribution in [0.2, 0.25) is 0 Å². The van der Waals surface area contributed by atoms with Gasteiger partial charge in [-0.3, -0.25) is 9.59 Å². The van der Waals surface area contributed by atoms with Crippen molar-refractivity contribution in [2.75, 3.05) is 0 Å². The van der Waals surface area contributed by atoms with Gasteiger partial charge >= 0.3 is 0 Å². The van der Waals surface area contributed by atoms with Gasteiger partial charge in [0.2, 0.25) is 0 Å². The fourth-order valence-electron chi connectivity index (χ4n) is 3.72. The summed E-state index contributed by atoms with van der Waals surface area (Å²) >= 11 is 0. The molecule has 0 radical (unpaired) electrons. The van der Waals surface area contributed by atoms with Crippen LogP contribution in [0.4, 0.5) is 0 Å². The second-order valence-electron chi connectivity index (χ2n) is 7.76. The van der Waals surface area contributed by atoms with Gasteiger partial charge in [0.1, 0.15) is 11.8 Å². The van der Waals surface area contributed by atoms with Crippen LogP contribution in [0.1, 0.15) is 64.7 Å². The van der Waals surface area contributed by atoms with Crippen molar-refractivity contribution >= 4 is 11.7 Å². The fourth-order valence-corrected chi connectivity index (χ4v) is 3.72. The summed E-state index contributed by atoms with van der Waals surface area (Å²) in [6.07, 6.45) is 6.61. The molecule has 1 aliphatic carbocycles. The van der Waals surface area contributed by atoms with Crippen molar-refractivity contribution in [1.29, 1.82) is 0 Å². The Hall–Kier alpha value is -2.04. The Morgan fingerprint density at radius 3 is 2.46 bits per heavy atom. The molecular weight excluding hydrogens is 306 g/mol. The van der Waals surface area contributed by atoms with E-state index in [4.69, 9.17) is 4.42 Å². The molecule has 0 bridgehead atoms. The minimum Gasteiger partial charge on any atom is -0.503 e. The molecular formula is C19H25NO4. The zero-order valence-electron chi connectivity index (χ0n) is 14.5. The van der Waals surface area contributed by atoms with Gasteiger partial charge in [0, 0.05) is 11.5 Å². The number of carbonyl (C=O) groups is 2. The van der Waals surface area contributed by atoms with E-state index in [0.717, 1.165) is 32.1 Å². The molecule has 2 heterocycles. The van der Waals surface area contributed by atoms with Crippen LogP contribution in [-0.4, -0.2) is 27.7 Å². The average molecular weight is 331 g/mol. The highest BCUT2D eigenvalue weighted by Crippen LogP contribution is 2.44. The van der Waals surface area contributed by atoms with E-state index in [0.29, 0.717) is 5.76 Å². The summed E-state index contributed by atoms with van der Waals surface area (Å²) in [4.78, 5) is 27.4. The molecule has 0 saturated heterocycles. The summed E-state index contributed by atoms with van der Waals surface area (Å²) in [7, 11) is 0. The summed E-state index contributed by atoms with van der Waals surface area (Å²) in [5, 5.41) is 10.5. The van der Waals surface area contributed by atoms with Gasteiger partial charge in [-0.05, 0) is 25.0 Å². The normalized spacial score (nSPS) is 23.2. The zero-order valence-corrected chi connectivity index (χ0v) is 14.5. The van der Waals surface area contributed by atoms with Crippen LogP contribution in [0.5, 0.6) is 0 Å². The first kappa shape index (κ1) is 16.8. The van der Waals surface area contributed by atoms with Crippen LogP contribution >= 0.6 is 0 Å². The summed E-state index contributed by atoms with van der Waals surface area (Å²) in [6, 6.07) is 2.92. The molecule has 1 aromatic heterocycles. The van der Waals surface area contributed by atoms with Gasteiger partial charge in [-0.25, -0.2) is 0 Å². The van der Waals surface area contributed by atoms with E-state index in [9.17, 15) is 14.7 Å². The lowest BCUT2D eigenvalue weighted by molar-refractivity contribution is -0.132. The molecule has 1 saturated carbocycles. The third kappa shape index (κ3) is 2.76. The molecule has 3 rings (SSSR count). The maximum atomic E-state index is 12.9. The first-order chi connectivity index (χ1) is 11.3. The zero-order chi connectivity index (χ0) is 17.5. The Morgan fingerprint density at radius 2 is 1.92 bits per heavy atom. The lowest BCUT2D eigenvalue weighted by Gasteiger charge is -2.36. The van der Waals surface area contributed by atoms with Crippen LogP contribution in [0, 0.1) is 5.41 Å². The molecule has 1 atom stereocenters. The molecule has 130 valence electrons. The lowest BCUT2D eigenvalue weighted by Crippen LogP contribution is -2.41. The Balaban J connectivity index is 2.06. The van der Waals surface area contributed by atoms with E-state index in [1.165, 1.54) is 6.26 Å². The monoisotopic (exact) mass is 331 g/mol. The molecule has 1 N–H and O–H groups in total. The highest BCUT2D eigenvalue weighted by atomic mass is 16.3. The number of Topliss-reactive ketones (excluding diaryl/α,β-unsaturated/α-hetero) is 1. The topological polar surface area (TPSA) is 70.8 Å². The highest BCUT2D eigenvalue weighted by Gasteiger charge is 2.49. The number of furan rings is 1. The van der Waals surface area contributed by atoms with Gasteiger partial charge in [-0.15, -0.1) is 0 Å². The average Bonchev–Trinajstić information content (AvgIpc) is 3.14. The van der Waals surface area contributed by atoms with Crippen LogP contribution in [-0.2, 0) is 9.59 Å². The maximum Gasteiger partial charge on any atom is 0.290 e. The smallest absolute Gasteiger partial charge is 0.290 e. The van der Waals surface area contributed by atoms with Crippen molar-refractivity contribution in [3.63, 3.8) is 0 Å². The van der Waals surface area contributed by atoms with E-state index >= 15 is 0 Å². The number of hydrogen-bond acceptors (Lipinski definition) is 4. The maximum absolute atomic E-state index is 12.9. The molecule has 0 spiro atoms. The predicted molar refractivity (Wildman–Crippen MR) is 89.3 cm³/mol. The van der Waals surface area contributed by atoms with Gasteiger partial charge in [0.25, 0.3) is 5.91 Å². The highest BCUT2D eigenvalue weighted by molar-refractivity contribution is 6.10. The molecule has 1 fully saturated rings. The second kappa shape index (κ2) is 6.11. The first-order valence-corrected chi connectivity index (χ1v) is 8.66. The lowest BCUT2D eigenvalue weighted by atomic mass is 9.83. The van der Waals surface area contributed by atoms with Gasteiger partial charge < -0.3 is 14.4 Å². The molecule has 1 aromatic rings. The Bertz CT molecular complexity index is 660. The molecule has 1 aliphatic heterocycles. The summed E-state index contributed by atoms with van der Waals surface area (Å²) in [6.45, 7) is 5.38. The van der Waals surface area contributed by atoms with E-state index in [1.807, 2.05) is 0 Å². The van der Waals surface area contributed by atoms with E-state index in [2.05, 4.69) is 0 Å². The van der Waals surface area contributed by atoms with Gasteiger partial charge in [0.15, 0.2) is 11.5 Å². The van der Waals surface area contributed by atoms with Crippen LogP contribution in [0.15, 0.2) is 34.1 Å².